The first-order valence-electron chi connectivity index (χ1n) is 5.82. The summed E-state index contributed by atoms with van der Waals surface area (Å²) in [6.07, 6.45) is 3.94. The van der Waals surface area contributed by atoms with Gasteiger partial charge in [0.2, 0.25) is 5.91 Å². The lowest BCUT2D eigenvalue weighted by Gasteiger charge is -2.26. The molecular formula is C14H16N2OS. The van der Waals surface area contributed by atoms with Crippen molar-refractivity contribution in [3.63, 3.8) is 0 Å². The molecule has 0 unspecified atom stereocenters. The predicted octanol–water partition coefficient (Wildman–Crippen LogP) is 2.74. The van der Waals surface area contributed by atoms with Crippen LogP contribution in [0.3, 0.4) is 0 Å². The molecule has 4 heteroatoms. The lowest BCUT2D eigenvalue weighted by molar-refractivity contribution is -0.122. The molecule has 0 aliphatic carbocycles. The maximum absolute atomic E-state index is 12.0. The molecule has 0 fully saturated rings. The van der Waals surface area contributed by atoms with Crippen molar-refractivity contribution in [3.05, 3.63) is 52.5 Å². The van der Waals surface area contributed by atoms with Crippen LogP contribution < -0.4 is 5.32 Å². The Balaban J connectivity index is 2.02. The van der Waals surface area contributed by atoms with Crippen LogP contribution in [0.15, 0.2) is 42.0 Å². The fraction of sp³-hybridized carbons (Fsp3) is 0.286. The molecule has 0 aliphatic heterocycles. The number of carbonyl (C=O) groups excluding carboxylic acids is 1. The monoisotopic (exact) mass is 260 g/mol. The Hall–Kier alpha value is -1.68. The molecule has 3 nitrogen and oxygen atoms in total. The number of nitrogens with zero attached hydrogens (tertiary/aromatic N) is 1. The van der Waals surface area contributed by atoms with Crippen molar-refractivity contribution < 1.29 is 4.79 Å². The number of hydrogen-bond acceptors (Lipinski definition) is 3. The summed E-state index contributed by atoms with van der Waals surface area (Å²) < 4.78 is 0. The van der Waals surface area contributed by atoms with Gasteiger partial charge in [-0.2, -0.15) is 0 Å². The SMILES string of the molecule is CC(C)(NC(=O)Cc1cccs1)c1cccnc1. The van der Waals surface area contributed by atoms with Gasteiger partial charge in [0.15, 0.2) is 0 Å². The highest BCUT2D eigenvalue weighted by atomic mass is 32.1. The second kappa shape index (κ2) is 5.31. The highest BCUT2D eigenvalue weighted by Gasteiger charge is 2.22. The first kappa shape index (κ1) is 12.8. The van der Waals surface area contributed by atoms with Crippen LogP contribution in [0.2, 0.25) is 0 Å². The smallest absolute Gasteiger partial charge is 0.225 e. The Kier molecular flexibility index (Phi) is 3.77. The van der Waals surface area contributed by atoms with Gasteiger partial charge in [0.25, 0.3) is 0 Å². The lowest BCUT2D eigenvalue weighted by atomic mass is 9.96. The number of pyridine rings is 1. The van der Waals surface area contributed by atoms with E-state index in [2.05, 4.69) is 10.3 Å². The lowest BCUT2D eigenvalue weighted by Crippen LogP contribution is -2.41. The first-order valence-corrected chi connectivity index (χ1v) is 6.70. The molecule has 0 aromatic carbocycles. The topological polar surface area (TPSA) is 42.0 Å². The zero-order chi connectivity index (χ0) is 13.0. The number of nitrogens with one attached hydrogen (secondary N) is 1. The summed E-state index contributed by atoms with van der Waals surface area (Å²) in [5, 5.41) is 5.02. The van der Waals surface area contributed by atoms with Gasteiger partial charge in [-0.25, -0.2) is 0 Å². The molecule has 1 amide bonds. The van der Waals surface area contributed by atoms with Crippen molar-refractivity contribution in [1.82, 2.24) is 10.3 Å². The minimum atomic E-state index is -0.400. The highest BCUT2D eigenvalue weighted by molar-refractivity contribution is 7.10. The molecule has 2 rings (SSSR count). The normalized spacial score (nSPS) is 11.2. The van der Waals surface area contributed by atoms with E-state index in [0.29, 0.717) is 6.42 Å². The fourth-order valence-electron chi connectivity index (χ4n) is 1.77. The molecule has 0 bridgehead atoms. The van der Waals surface area contributed by atoms with Crippen LogP contribution in [-0.2, 0) is 16.8 Å². The molecule has 2 aromatic heterocycles. The molecule has 0 aliphatic rings. The van der Waals surface area contributed by atoms with Gasteiger partial charge in [0.05, 0.1) is 12.0 Å². The van der Waals surface area contributed by atoms with Gasteiger partial charge >= 0.3 is 0 Å². The Labute approximate surface area is 111 Å². The van der Waals surface area contributed by atoms with Crippen LogP contribution >= 0.6 is 11.3 Å². The summed E-state index contributed by atoms with van der Waals surface area (Å²) in [5.74, 6) is 0.0336. The van der Waals surface area contributed by atoms with Gasteiger partial charge in [-0.3, -0.25) is 9.78 Å². The van der Waals surface area contributed by atoms with Crippen molar-refractivity contribution in [3.8, 4) is 0 Å². The van der Waals surface area contributed by atoms with E-state index in [0.717, 1.165) is 10.4 Å². The number of thiophene rings is 1. The van der Waals surface area contributed by atoms with Crippen LogP contribution in [0.4, 0.5) is 0 Å². The number of rotatable bonds is 4. The Bertz CT molecular complexity index is 506. The van der Waals surface area contributed by atoms with Gasteiger partial charge in [0, 0.05) is 17.3 Å². The summed E-state index contributed by atoms with van der Waals surface area (Å²) >= 11 is 1.60. The molecule has 0 radical (unpaired) electrons. The summed E-state index contributed by atoms with van der Waals surface area (Å²) in [6, 6.07) is 7.78. The summed E-state index contributed by atoms with van der Waals surface area (Å²) in [4.78, 5) is 17.1. The van der Waals surface area contributed by atoms with Gasteiger partial charge in [0.1, 0.15) is 0 Å². The van der Waals surface area contributed by atoms with Gasteiger partial charge in [-0.1, -0.05) is 12.1 Å². The zero-order valence-corrected chi connectivity index (χ0v) is 11.3. The van der Waals surface area contributed by atoms with Crippen LogP contribution in [0, 0.1) is 0 Å². The van der Waals surface area contributed by atoms with E-state index in [9.17, 15) is 4.79 Å². The standard InChI is InChI=1S/C14H16N2OS/c1-14(2,11-5-3-7-15-10-11)16-13(17)9-12-6-4-8-18-12/h3-8,10H,9H2,1-2H3,(H,16,17). The molecule has 0 saturated carbocycles. The van der Waals surface area contributed by atoms with Crippen LogP contribution in [0.5, 0.6) is 0 Å². The maximum atomic E-state index is 12.0. The Morgan fingerprint density at radius 1 is 1.39 bits per heavy atom. The molecule has 0 atom stereocenters. The maximum Gasteiger partial charge on any atom is 0.225 e. The Morgan fingerprint density at radius 3 is 2.83 bits per heavy atom. The highest BCUT2D eigenvalue weighted by Crippen LogP contribution is 2.19. The molecule has 0 spiro atoms. The summed E-state index contributed by atoms with van der Waals surface area (Å²) in [7, 11) is 0. The number of aromatic nitrogens is 1. The second-order valence-electron chi connectivity index (χ2n) is 4.67. The average Bonchev–Trinajstić information content (AvgIpc) is 2.82. The number of carbonyl (C=O) groups is 1. The minimum absolute atomic E-state index is 0.0336. The van der Waals surface area contributed by atoms with E-state index in [1.54, 1.807) is 23.7 Å². The number of amides is 1. The number of hydrogen-bond donors (Lipinski definition) is 1. The van der Waals surface area contributed by atoms with Crippen LogP contribution in [-0.4, -0.2) is 10.9 Å². The summed E-state index contributed by atoms with van der Waals surface area (Å²) in [5.41, 5.74) is 0.604. The first-order chi connectivity index (χ1) is 8.58. The van der Waals surface area contributed by atoms with Gasteiger partial charge in [-0.15, -0.1) is 11.3 Å². The third kappa shape index (κ3) is 3.17. The molecule has 18 heavy (non-hydrogen) atoms. The fourth-order valence-corrected chi connectivity index (χ4v) is 2.47. The largest absolute Gasteiger partial charge is 0.347 e. The second-order valence-corrected chi connectivity index (χ2v) is 5.70. The Morgan fingerprint density at radius 2 is 2.22 bits per heavy atom. The average molecular weight is 260 g/mol. The van der Waals surface area contributed by atoms with E-state index in [1.807, 2.05) is 43.5 Å². The quantitative estimate of drug-likeness (QED) is 0.918. The van der Waals surface area contributed by atoms with Crippen LogP contribution in [0.25, 0.3) is 0 Å². The predicted molar refractivity (Wildman–Crippen MR) is 73.4 cm³/mol. The van der Waals surface area contributed by atoms with Crippen molar-refractivity contribution in [2.75, 3.05) is 0 Å². The molecular weight excluding hydrogens is 244 g/mol. The van der Waals surface area contributed by atoms with E-state index < -0.39 is 5.54 Å². The van der Waals surface area contributed by atoms with E-state index in [-0.39, 0.29) is 5.91 Å². The molecule has 1 N–H and O–H groups in total. The van der Waals surface area contributed by atoms with Gasteiger partial charge in [-0.05, 0) is 36.9 Å². The zero-order valence-electron chi connectivity index (χ0n) is 10.5. The molecule has 94 valence electrons. The molecule has 0 saturated heterocycles. The van der Waals surface area contributed by atoms with Crippen molar-refractivity contribution in [1.29, 1.82) is 0 Å². The molecule has 2 aromatic rings. The van der Waals surface area contributed by atoms with Gasteiger partial charge < -0.3 is 5.32 Å². The van der Waals surface area contributed by atoms with Crippen LogP contribution in [0.1, 0.15) is 24.3 Å². The van der Waals surface area contributed by atoms with E-state index >= 15 is 0 Å². The van der Waals surface area contributed by atoms with Crippen molar-refractivity contribution in [2.24, 2.45) is 0 Å². The van der Waals surface area contributed by atoms with E-state index in [4.69, 9.17) is 0 Å². The molecule has 2 heterocycles. The van der Waals surface area contributed by atoms with Crippen molar-refractivity contribution in [2.45, 2.75) is 25.8 Å². The van der Waals surface area contributed by atoms with Crippen molar-refractivity contribution >= 4 is 17.2 Å². The third-order valence-electron chi connectivity index (χ3n) is 2.75. The minimum Gasteiger partial charge on any atom is -0.347 e. The van der Waals surface area contributed by atoms with E-state index in [1.165, 1.54) is 0 Å². The third-order valence-corrected chi connectivity index (χ3v) is 3.63. The summed E-state index contributed by atoms with van der Waals surface area (Å²) in [6.45, 7) is 3.96.